The molecule has 11 heteroatoms. The zero-order valence-corrected chi connectivity index (χ0v) is 17.8. The number of anilines is 1. The van der Waals surface area contributed by atoms with E-state index in [1.807, 2.05) is 30.3 Å². The van der Waals surface area contributed by atoms with Gasteiger partial charge in [-0.15, -0.1) is 0 Å². The Labute approximate surface area is 191 Å². The number of hydrogen-bond donors (Lipinski definition) is 3. The highest BCUT2D eigenvalue weighted by Crippen LogP contribution is 2.22. The van der Waals surface area contributed by atoms with Crippen LogP contribution in [0.1, 0.15) is 32.3 Å². The summed E-state index contributed by atoms with van der Waals surface area (Å²) in [4.78, 5) is 29.1. The zero-order valence-electron chi connectivity index (χ0n) is 17.1. The third-order valence-corrected chi connectivity index (χ3v) is 4.95. The highest BCUT2D eigenvalue weighted by molar-refractivity contribution is 6.34. The van der Waals surface area contributed by atoms with Crippen LogP contribution in [0, 0.1) is 18.6 Å². The summed E-state index contributed by atoms with van der Waals surface area (Å²) in [5.74, 6) is -2.73. The molecule has 2 aromatic heterocycles. The van der Waals surface area contributed by atoms with E-state index >= 15 is 0 Å². The van der Waals surface area contributed by atoms with Crippen LogP contribution in [0.4, 0.5) is 14.6 Å². The number of aryl methyl sites for hydroxylation is 1. The lowest BCUT2D eigenvalue weighted by Crippen LogP contribution is -2.23. The third kappa shape index (κ3) is 4.90. The van der Waals surface area contributed by atoms with Crippen LogP contribution in [0.2, 0.25) is 5.02 Å². The number of carbonyl (C=O) groups excluding carboxylic acids is 2. The molecule has 0 aliphatic carbocycles. The summed E-state index contributed by atoms with van der Waals surface area (Å²) in [6, 6.07) is 12.0. The normalized spacial score (nSPS) is 10.8. The van der Waals surface area contributed by atoms with Gasteiger partial charge in [0, 0.05) is 11.6 Å². The van der Waals surface area contributed by atoms with Crippen molar-refractivity contribution in [2.75, 3.05) is 5.32 Å². The van der Waals surface area contributed by atoms with Gasteiger partial charge in [0.25, 0.3) is 11.8 Å². The van der Waals surface area contributed by atoms with Crippen molar-refractivity contribution >= 4 is 29.2 Å². The second-order valence-corrected chi connectivity index (χ2v) is 7.35. The molecule has 0 saturated carbocycles. The van der Waals surface area contributed by atoms with E-state index in [1.165, 1.54) is 6.07 Å². The molecule has 0 aliphatic heterocycles. The molecule has 2 heterocycles. The summed E-state index contributed by atoms with van der Waals surface area (Å²) in [6.45, 7) is 1.84. The van der Waals surface area contributed by atoms with Crippen LogP contribution in [0.25, 0.3) is 11.5 Å². The van der Waals surface area contributed by atoms with Crippen molar-refractivity contribution in [2.45, 2.75) is 13.5 Å². The first-order valence-corrected chi connectivity index (χ1v) is 10.0. The lowest BCUT2D eigenvalue weighted by Gasteiger charge is -2.05. The maximum atomic E-state index is 13.4. The predicted molar refractivity (Wildman–Crippen MR) is 116 cm³/mol. The van der Waals surface area contributed by atoms with Crippen molar-refractivity contribution in [1.29, 1.82) is 0 Å². The molecule has 0 fully saturated rings. The summed E-state index contributed by atoms with van der Waals surface area (Å²) < 4.78 is 32.4. The van der Waals surface area contributed by atoms with Gasteiger partial charge in [0.05, 0.1) is 22.8 Å². The van der Waals surface area contributed by atoms with E-state index in [9.17, 15) is 18.4 Å². The molecule has 33 heavy (non-hydrogen) atoms. The van der Waals surface area contributed by atoms with Gasteiger partial charge in [-0.05, 0) is 31.2 Å². The maximum Gasteiger partial charge on any atom is 0.272 e. The average molecular weight is 472 g/mol. The van der Waals surface area contributed by atoms with Gasteiger partial charge in [-0.25, -0.2) is 13.8 Å². The fourth-order valence-corrected chi connectivity index (χ4v) is 3.17. The Kier molecular flexibility index (Phi) is 6.18. The zero-order chi connectivity index (χ0) is 23.5. The van der Waals surface area contributed by atoms with Crippen LogP contribution in [0.5, 0.6) is 0 Å². The first-order chi connectivity index (χ1) is 15.8. The molecule has 0 radical (unpaired) electrons. The molecule has 4 rings (SSSR count). The van der Waals surface area contributed by atoms with E-state index in [-0.39, 0.29) is 28.6 Å². The number of aromatic amines is 1. The standard InChI is InChI=1S/C22H16ClF2N5O3/c1-11-18(33-22(27-11)12-5-3-2-4-6-12)10-26-21(32)17-9-19(30-29-17)28-20(31)13-7-15(24)16(25)8-14(13)23/h2-9H,10H2,1H3,(H,26,32)(H2,28,29,30,31). The summed E-state index contributed by atoms with van der Waals surface area (Å²) >= 11 is 5.80. The quantitative estimate of drug-likeness (QED) is 0.359. The molecule has 168 valence electrons. The first kappa shape index (κ1) is 22.2. The van der Waals surface area contributed by atoms with Gasteiger partial charge in [0.15, 0.2) is 17.3 Å². The fraction of sp³-hybridized carbons (Fsp3) is 0.0909. The lowest BCUT2D eigenvalue weighted by atomic mass is 10.2. The van der Waals surface area contributed by atoms with Gasteiger partial charge in [0.2, 0.25) is 5.89 Å². The second kappa shape index (κ2) is 9.21. The molecule has 3 N–H and O–H groups in total. The maximum absolute atomic E-state index is 13.4. The largest absolute Gasteiger partial charge is 0.439 e. The number of nitrogens with one attached hydrogen (secondary N) is 3. The Morgan fingerprint density at radius 3 is 2.58 bits per heavy atom. The summed E-state index contributed by atoms with van der Waals surface area (Å²) in [5.41, 5.74) is 1.16. The lowest BCUT2D eigenvalue weighted by molar-refractivity contribution is 0.0942. The number of halogens is 3. The number of hydrogen-bond acceptors (Lipinski definition) is 5. The Bertz CT molecular complexity index is 1340. The van der Waals surface area contributed by atoms with Crippen LogP contribution >= 0.6 is 11.6 Å². The number of H-pyrrole nitrogens is 1. The Balaban J connectivity index is 1.39. The van der Waals surface area contributed by atoms with Crippen molar-refractivity contribution in [2.24, 2.45) is 0 Å². The van der Waals surface area contributed by atoms with Crippen molar-refractivity contribution in [3.63, 3.8) is 0 Å². The predicted octanol–water partition coefficient (Wildman–Crippen LogP) is 4.49. The Hall–Kier alpha value is -4.05. The van der Waals surface area contributed by atoms with E-state index in [1.54, 1.807) is 6.92 Å². The number of benzene rings is 2. The third-order valence-electron chi connectivity index (χ3n) is 4.64. The second-order valence-electron chi connectivity index (χ2n) is 6.94. The van der Waals surface area contributed by atoms with E-state index in [4.69, 9.17) is 16.0 Å². The summed E-state index contributed by atoms with van der Waals surface area (Å²) in [7, 11) is 0. The highest BCUT2D eigenvalue weighted by atomic mass is 35.5. The Morgan fingerprint density at radius 1 is 1.09 bits per heavy atom. The smallest absolute Gasteiger partial charge is 0.272 e. The Morgan fingerprint density at radius 2 is 1.82 bits per heavy atom. The summed E-state index contributed by atoms with van der Waals surface area (Å²) in [5, 5.41) is 11.1. The molecule has 0 saturated heterocycles. The van der Waals surface area contributed by atoms with E-state index in [0.29, 0.717) is 29.5 Å². The van der Waals surface area contributed by atoms with Crippen molar-refractivity contribution in [1.82, 2.24) is 20.5 Å². The molecule has 4 aromatic rings. The van der Waals surface area contributed by atoms with Gasteiger partial charge in [-0.2, -0.15) is 5.10 Å². The van der Waals surface area contributed by atoms with Gasteiger partial charge < -0.3 is 15.1 Å². The van der Waals surface area contributed by atoms with Gasteiger partial charge in [0.1, 0.15) is 11.6 Å². The van der Waals surface area contributed by atoms with Gasteiger partial charge in [-0.1, -0.05) is 29.8 Å². The molecule has 2 aromatic carbocycles. The molecular formula is C22H16ClF2N5O3. The SMILES string of the molecule is Cc1nc(-c2ccccc2)oc1CNC(=O)c1cc(NC(=O)c2cc(F)c(F)cc2Cl)[nH]n1. The minimum absolute atomic E-state index is 0.0119. The molecule has 0 aliphatic rings. The highest BCUT2D eigenvalue weighted by Gasteiger charge is 2.18. The van der Waals surface area contributed by atoms with Crippen LogP contribution in [-0.2, 0) is 6.54 Å². The number of oxazole rings is 1. The van der Waals surface area contributed by atoms with Crippen molar-refractivity contribution in [3.8, 4) is 11.5 Å². The van der Waals surface area contributed by atoms with Crippen LogP contribution in [0.15, 0.2) is 52.9 Å². The molecule has 0 atom stereocenters. The van der Waals surface area contributed by atoms with E-state index in [2.05, 4.69) is 25.8 Å². The number of nitrogens with zero attached hydrogens (tertiary/aromatic N) is 2. The number of aromatic nitrogens is 3. The minimum atomic E-state index is -1.22. The molecule has 8 nitrogen and oxygen atoms in total. The van der Waals surface area contributed by atoms with Gasteiger partial charge >= 0.3 is 0 Å². The van der Waals surface area contributed by atoms with Crippen LogP contribution < -0.4 is 10.6 Å². The molecule has 0 spiro atoms. The summed E-state index contributed by atoms with van der Waals surface area (Å²) in [6.07, 6.45) is 0. The van der Waals surface area contributed by atoms with Crippen LogP contribution in [-0.4, -0.2) is 27.0 Å². The fourth-order valence-electron chi connectivity index (χ4n) is 2.94. The van der Waals surface area contributed by atoms with E-state index in [0.717, 1.165) is 5.56 Å². The van der Waals surface area contributed by atoms with Crippen molar-refractivity contribution in [3.05, 3.63) is 87.9 Å². The molecular weight excluding hydrogens is 456 g/mol. The van der Waals surface area contributed by atoms with Gasteiger partial charge in [-0.3, -0.25) is 14.7 Å². The van der Waals surface area contributed by atoms with E-state index < -0.39 is 23.4 Å². The minimum Gasteiger partial charge on any atom is -0.439 e. The molecule has 2 amide bonds. The number of amides is 2. The van der Waals surface area contributed by atoms with Crippen LogP contribution in [0.3, 0.4) is 0 Å². The molecule has 0 unspecified atom stereocenters. The topological polar surface area (TPSA) is 113 Å². The molecule has 0 bridgehead atoms. The average Bonchev–Trinajstić information content (AvgIpc) is 3.41. The monoisotopic (exact) mass is 471 g/mol. The van der Waals surface area contributed by atoms with Crippen molar-refractivity contribution < 1.29 is 22.8 Å². The first-order valence-electron chi connectivity index (χ1n) is 9.63. The number of rotatable bonds is 6. The number of carbonyl (C=O) groups is 2.